The minimum absolute atomic E-state index is 0.00235. The number of nitrogens with one attached hydrogen (secondary N) is 1. The van der Waals surface area contributed by atoms with E-state index in [1.807, 2.05) is 54.6 Å². The number of aromatic nitrogens is 2. The normalized spacial score (nSPS) is 10.8. The maximum absolute atomic E-state index is 12.8. The summed E-state index contributed by atoms with van der Waals surface area (Å²) in [4.78, 5) is 27.7. The molecule has 0 fully saturated rings. The van der Waals surface area contributed by atoms with Crippen LogP contribution in [0.1, 0.15) is 10.4 Å². The van der Waals surface area contributed by atoms with Gasteiger partial charge in [0.2, 0.25) is 5.95 Å². The molecule has 1 N–H and O–H groups in total. The molecule has 0 aliphatic heterocycles. The Kier molecular flexibility index (Phi) is 4.50. The van der Waals surface area contributed by atoms with Crippen molar-refractivity contribution in [3.05, 3.63) is 93.5 Å². The van der Waals surface area contributed by atoms with Gasteiger partial charge in [0.15, 0.2) is 0 Å². The van der Waals surface area contributed by atoms with Crippen LogP contribution in [-0.4, -0.2) is 20.4 Å². The number of benzene rings is 3. The Morgan fingerprint density at radius 2 is 1.75 bits per heavy atom. The van der Waals surface area contributed by atoms with Gasteiger partial charge in [-0.15, -0.1) is 0 Å². The number of carbonyl (C=O) groups is 1. The molecule has 0 spiro atoms. The second kappa shape index (κ2) is 7.13. The van der Waals surface area contributed by atoms with Crippen molar-refractivity contribution in [2.45, 2.75) is 0 Å². The molecule has 28 heavy (non-hydrogen) atoms. The van der Waals surface area contributed by atoms with Crippen molar-refractivity contribution >= 4 is 40.2 Å². The van der Waals surface area contributed by atoms with E-state index in [0.29, 0.717) is 11.5 Å². The highest BCUT2D eigenvalue weighted by Gasteiger charge is 2.19. The van der Waals surface area contributed by atoms with E-state index in [2.05, 4.69) is 10.3 Å². The summed E-state index contributed by atoms with van der Waals surface area (Å²) in [6.45, 7) is 0. The number of anilines is 1. The first-order chi connectivity index (χ1) is 13.5. The molecule has 0 radical (unpaired) electrons. The van der Waals surface area contributed by atoms with Crippen LogP contribution in [0.2, 0.25) is 5.02 Å². The van der Waals surface area contributed by atoms with E-state index < -0.39 is 10.8 Å². The summed E-state index contributed by atoms with van der Waals surface area (Å²) in [7, 11) is 0. The van der Waals surface area contributed by atoms with Crippen LogP contribution >= 0.6 is 11.6 Å². The summed E-state index contributed by atoms with van der Waals surface area (Å²) in [5.74, 6) is -0.291. The van der Waals surface area contributed by atoms with Crippen LogP contribution in [0.15, 0.2) is 72.8 Å². The lowest BCUT2D eigenvalue weighted by atomic mass is 10.2. The maximum atomic E-state index is 12.8. The number of imidazole rings is 1. The van der Waals surface area contributed by atoms with E-state index in [-0.39, 0.29) is 16.3 Å². The molecule has 1 heterocycles. The molecule has 8 heteroatoms. The summed E-state index contributed by atoms with van der Waals surface area (Å²) < 4.78 is 1.80. The standard InChI is InChI=1S/C20H13ClN4O3/c21-16-11-10-14(25(27)28)12-15(16)19(26)23-20-22-17-8-4-5-9-18(17)24(20)13-6-2-1-3-7-13/h1-12H,(H,22,23,26). The summed E-state index contributed by atoms with van der Waals surface area (Å²) in [5.41, 5.74) is 2.12. The lowest BCUT2D eigenvalue weighted by Crippen LogP contribution is -2.16. The van der Waals surface area contributed by atoms with Crippen molar-refractivity contribution in [3.63, 3.8) is 0 Å². The first kappa shape index (κ1) is 17.7. The molecule has 0 aliphatic rings. The summed E-state index contributed by atoms with van der Waals surface area (Å²) in [6, 6.07) is 20.6. The lowest BCUT2D eigenvalue weighted by Gasteiger charge is -2.10. The quantitative estimate of drug-likeness (QED) is 0.397. The zero-order valence-corrected chi connectivity index (χ0v) is 15.1. The second-order valence-corrected chi connectivity index (χ2v) is 6.38. The molecule has 0 unspecified atom stereocenters. The van der Waals surface area contributed by atoms with Crippen molar-refractivity contribution in [1.82, 2.24) is 9.55 Å². The Hall–Kier alpha value is -3.71. The number of fused-ring (bicyclic) bond motifs is 1. The van der Waals surface area contributed by atoms with E-state index in [1.165, 1.54) is 12.1 Å². The SMILES string of the molecule is O=C(Nc1nc2ccccc2n1-c1ccccc1)c1cc([N+](=O)[O-])ccc1Cl. The third-order valence-corrected chi connectivity index (χ3v) is 4.54. The van der Waals surface area contributed by atoms with Gasteiger partial charge >= 0.3 is 0 Å². The second-order valence-electron chi connectivity index (χ2n) is 5.97. The number of carbonyl (C=O) groups excluding carboxylic acids is 1. The van der Waals surface area contributed by atoms with Gasteiger partial charge in [-0.3, -0.25) is 24.8 Å². The number of nitro benzene ring substituents is 1. The van der Waals surface area contributed by atoms with Crippen molar-refractivity contribution in [1.29, 1.82) is 0 Å². The third kappa shape index (κ3) is 3.19. The first-order valence-corrected chi connectivity index (χ1v) is 8.70. The fourth-order valence-electron chi connectivity index (χ4n) is 2.92. The molecule has 0 bridgehead atoms. The molecule has 0 atom stereocenters. The summed E-state index contributed by atoms with van der Waals surface area (Å²) >= 11 is 6.09. The monoisotopic (exact) mass is 392 g/mol. The minimum atomic E-state index is -0.582. The molecule has 138 valence electrons. The number of para-hydroxylation sites is 3. The fraction of sp³-hybridized carbons (Fsp3) is 0. The predicted octanol–water partition coefficient (Wildman–Crippen LogP) is 4.84. The van der Waals surface area contributed by atoms with Crippen LogP contribution in [0, 0.1) is 10.1 Å². The van der Waals surface area contributed by atoms with Gasteiger partial charge in [-0.1, -0.05) is 41.9 Å². The number of amides is 1. The van der Waals surface area contributed by atoms with Crippen LogP contribution < -0.4 is 5.32 Å². The number of halogens is 1. The van der Waals surface area contributed by atoms with Crippen molar-refractivity contribution in [2.75, 3.05) is 5.32 Å². The zero-order chi connectivity index (χ0) is 19.7. The van der Waals surface area contributed by atoms with Crippen LogP contribution in [0.3, 0.4) is 0 Å². The van der Waals surface area contributed by atoms with E-state index in [9.17, 15) is 14.9 Å². The fourth-order valence-corrected chi connectivity index (χ4v) is 3.12. The molecular weight excluding hydrogens is 380 g/mol. The smallest absolute Gasteiger partial charge is 0.270 e. The predicted molar refractivity (Wildman–Crippen MR) is 107 cm³/mol. The minimum Gasteiger partial charge on any atom is -0.291 e. The van der Waals surface area contributed by atoms with Crippen molar-refractivity contribution < 1.29 is 9.72 Å². The zero-order valence-electron chi connectivity index (χ0n) is 14.4. The van der Waals surface area contributed by atoms with Crippen molar-refractivity contribution in [3.8, 4) is 5.69 Å². The molecule has 7 nitrogen and oxygen atoms in total. The maximum Gasteiger partial charge on any atom is 0.270 e. The molecule has 4 aromatic rings. The van der Waals surface area contributed by atoms with E-state index in [4.69, 9.17) is 11.6 Å². The molecule has 4 rings (SSSR count). The number of hydrogen-bond acceptors (Lipinski definition) is 4. The number of non-ortho nitro benzene ring substituents is 1. The van der Waals surface area contributed by atoms with Gasteiger partial charge in [-0.2, -0.15) is 0 Å². The van der Waals surface area contributed by atoms with E-state index in [0.717, 1.165) is 17.3 Å². The van der Waals surface area contributed by atoms with E-state index in [1.54, 1.807) is 4.57 Å². The third-order valence-electron chi connectivity index (χ3n) is 4.21. The largest absolute Gasteiger partial charge is 0.291 e. The molecule has 1 amide bonds. The van der Waals surface area contributed by atoms with Crippen LogP contribution in [0.25, 0.3) is 16.7 Å². The van der Waals surface area contributed by atoms with Gasteiger partial charge in [0.1, 0.15) is 0 Å². The Labute approximate surface area is 164 Å². The lowest BCUT2D eigenvalue weighted by molar-refractivity contribution is -0.384. The molecule has 3 aromatic carbocycles. The number of nitrogens with zero attached hydrogens (tertiary/aromatic N) is 3. The highest BCUT2D eigenvalue weighted by atomic mass is 35.5. The van der Waals surface area contributed by atoms with Crippen LogP contribution in [-0.2, 0) is 0 Å². The molecule has 0 saturated heterocycles. The van der Waals surface area contributed by atoms with Gasteiger partial charge in [0.05, 0.1) is 26.5 Å². The van der Waals surface area contributed by atoms with Crippen LogP contribution in [0.4, 0.5) is 11.6 Å². The number of nitro groups is 1. The van der Waals surface area contributed by atoms with E-state index >= 15 is 0 Å². The van der Waals surface area contributed by atoms with Gasteiger partial charge in [0.25, 0.3) is 11.6 Å². The Balaban J connectivity index is 1.80. The van der Waals surface area contributed by atoms with Gasteiger partial charge < -0.3 is 0 Å². The number of rotatable bonds is 4. The highest BCUT2D eigenvalue weighted by Crippen LogP contribution is 2.27. The highest BCUT2D eigenvalue weighted by molar-refractivity contribution is 6.34. The summed E-state index contributed by atoms with van der Waals surface area (Å²) in [5, 5.41) is 13.9. The molecule has 0 saturated carbocycles. The Morgan fingerprint density at radius 1 is 1.04 bits per heavy atom. The van der Waals surface area contributed by atoms with Crippen LogP contribution in [0.5, 0.6) is 0 Å². The summed E-state index contributed by atoms with van der Waals surface area (Å²) in [6.07, 6.45) is 0. The number of hydrogen-bond donors (Lipinski definition) is 1. The molecular formula is C20H13ClN4O3. The van der Waals surface area contributed by atoms with Gasteiger partial charge in [-0.25, -0.2) is 4.98 Å². The Bertz CT molecular complexity index is 1200. The van der Waals surface area contributed by atoms with Crippen molar-refractivity contribution in [2.24, 2.45) is 0 Å². The average Bonchev–Trinajstić information content (AvgIpc) is 3.06. The molecule has 0 aliphatic carbocycles. The Morgan fingerprint density at radius 3 is 2.50 bits per heavy atom. The molecule has 1 aromatic heterocycles. The average molecular weight is 393 g/mol. The topological polar surface area (TPSA) is 90.1 Å². The van der Waals surface area contributed by atoms with Gasteiger partial charge in [0, 0.05) is 17.8 Å². The van der Waals surface area contributed by atoms with Gasteiger partial charge in [-0.05, 0) is 30.3 Å². The first-order valence-electron chi connectivity index (χ1n) is 8.33.